The molecule has 0 saturated carbocycles. The maximum Gasteiger partial charge on any atom is 0.235 e. The Morgan fingerprint density at radius 1 is 0.267 bits per heavy atom. The molecule has 0 atom stereocenters. The first-order valence-electron chi connectivity index (χ1n) is 20.4. The smallest absolute Gasteiger partial charge is 0.235 e. The first kappa shape index (κ1) is 34.0. The number of para-hydroxylation sites is 3. The van der Waals surface area contributed by atoms with Crippen LogP contribution in [0.25, 0.3) is 111 Å². The Bertz CT molecular complexity index is 3570. The van der Waals surface area contributed by atoms with Crippen molar-refractivity contribution in [2.24, 2.45) is 0 Å². The molecule has 0 fully saturated rings. The maximum absolute atomic E-state index is 5.42. The van der Waals surface area contributed by atoms with E-state index in [9.17, 15) is 0 Å². The largest absolute Gasteiger partial charge is 0.309 e. The average molecular weight is 765 g/mol. The SMILES string of the molecule is c1ccc(-c2ccc(-c3nc(-n4c5ccc(-c6ccccc6)cc5c5cc(-c6ccc7c(c6)c6ccccc6n7-c6ccccc6)ccc54)nc4ccccc34)cc2)cc1. The van der Waals surface area contributed by atoms with Crippen molar-refractivity contribution in [3.63, 3.8) is 0 Å². The van der Waals surface area contributed by atoms with Crippen LogP contribution in [-0.2, 0) is 0 Å². The lowest BCUT2D eigenvalue weighted by Gasteiger charge is -2.12. The van der Waals surface area contributed by atoms with Crippen molar-refractivity contribution in [2.75, 3.05) is 0 Å². The molecule has 3 aromatic heterocycles. The third-order valence-electron chi connectivity index (χ3n) is 11.9. The highest BCUT2D eigenvalue weighted by atomic mass is 15.2. The summed E-state index contributed by atoms with van der Waals surface area (Å²) in [4.78, 5) is 10.7. The Hall–Kier alpha value is -8.08. The molecule has 0 N–H and O–H groups in total. The zero-order valence-electron chi connectivity index (χ0n) is 32.6. The normalized spacial score (nSPS) is 11.7. The van der Waals surface area contributed by atoms with Gasteiger partial charge in [-0.05, 0) is 94.0 Å². The Labute approximate surface area is 346 Å². The van der Waals surface area contributed by atoms with Crippen LogP contribution in [0.5, 0.6) is 0 Å². The molecular weight excluding hydrogens is 729 g/mol. The fourth-order valence-corrected chi connectivity index (χ4v) is 9.07. The van der Waals surface area contributed by atoms with Gasteiger partial charge >= 0.3 is 0 Å². The standard InChI is InChI=1S/C56H36N4/c1-4-14-37(15-5-1)39-24-26-40(27-25-39)55-46-21-10-12-22-50(46)57-56(58-55)60-53-32-28-41(38-16-6-2-7-17-38)34-48(53)49-36-43(30-33-54(49)60)42-29-31-52-47(35-42)45-20-11-13-23-51(45)59(52)44-18-8-3-9-19-44/h1-36H. The fourth-order valence-electron chi connectivity index (χ4n) is 9.07. The van der Waals surface area contributed by atoms with E-state index in [0.717, 1.165) is 55.2 Å². The maximum atomic E-state index is 5.42. The zero-order valence-corrected chi connectivity index (χ0v) is 32.6. The number of hydrogen-bond donors (Lipinski definition) is 0. The summed E-state index contributed by atoms with van der Waals surface area (Å²) in [5, 5.41) is 5.79. The quantitative estimate of drug-likeness (QED) is 0.169. The Kier molecular flexibility index (Phi) is 7.82. The van der Waals surface area contributed by atoms with Crippen LogP contribution >= 0.6 is 0 Å². The van der Waals surface area contributed by atoms with Gasteiger partial charge in [-0.15, -0.1) is 0 Å². The minimum absolute atomic E-state index is 0.645. The Balaban J connectivity index is 1.06. The Morgan fingerprint density at radius 3 is 1.32 bits per heavy atom. The number of nitrogens with zero attached hydrogens (tertiary/aromatic N) is 4. The van der Waals surface area contributed by atoms with Gasteiger partial charge in [0.05, 0.1) is 33.3 Å². The third kappa shape index (κ3) is 5.53. The summed E-state index contributed by atoms with van der Waals surface area (Å²) in [5.41, 5.74) is 15.6. The van der Waals surface area contributed by atoms with E-state index in [1.54, 1.807) is 0 Å². The first-order chi connectivity index (χ1) is 29.7. The molecule has 60 heavy (non-hydrogen) atoms. The van der Waals surface area contributed by atoms with Crippen molar-refractivity contribution < 1.29 is 0 Å². The van der Waals surface area contributed by atoms with Gasteiger partial charge in [0.2, 0.25) is 5.95 Å². The van der Waals surface area contributed by atoms with Crippen LogP contribution in [-0.4, -0.2) is 19.1 Å². The summed E-state index contributed by atoms with van der Waals surface area (Å²) in [6.45, 7) is 0. The van der Waals surface area contributed by atoms with E-state index in [0.29, 0.717) is 5.95 Å². The predicted molar refractivity (Wildman–Crippen MR) is 250 cm³/mol. The third-order valence-corrected chi connectivity index (χ3v) is 11.9. The number of fused-ring (bicyclic) bond motifs is 7. The number of hydrogen-bond acceptors (Lipinski definition) is 2. The molecule has 0 aliphatic heterocycles. The van der Waals surface area contributed by atoms with E-state index in [-0.39, 0.29) is 0 Å². The van der Waals surface area contributed by atoms with Crippen LogP contribution in [0.4, 0.5) is 0 Å². The molecule has 9 aromatic carbocycles. The highest BCUT2D eigenvalue weighted by molar-refractivity contribution is 6.13. The molecular formula is C56H36N4. The average Bonchev–Trinajstić information content (AvgIpc) is 3.84. The summed E-state index contributed by atoms with van der Waals surface area (Å²) >= 11 is 0. The van der Waals surface area contributed by atoms with Gasteiger partial charge in [-0.25, -0.2) is 9.97 Å². The van der Waals surface area contributed by atoms with Crippen molar-refractivity contribution in [3.8, 4) is 56.3 Å². The van der Waals surface area contributed by atoms with E-state index in [1.165, 1.54) is 49.6 Å². The Morgan fingerprint density at radius 2 is 0.683 bits per heavy atom. The fraction of sp³-hybridized carbons (Fsp3) is 0. The first-order valence-corrected chi connectivity index (χ1v) is 20.4. The summed E-state index contributed by atoms with van der Waals surface area (Å²) in [6, 6.07) is 78.0. The van der Waals surface area contributed by atoms with Gasteiger partial charge in [0.1, 0.15) is 0 Å². The van der Waals surface area contributed by atoms with Crippen LogP contribution in [0.1, 0.15) is 0 Å². The summed E-state index contributed by atoms with van der Waals surface area (Å²) in [5.74, 6) is 0.645. The molecule has 0 unspecified atom stereocenters. The van der Waals surface area contributed by atoms with Gasteiger partial charge in [-0.1, -0.05) is 158 Å². The molecule has 4 heteroatoms. The van der Waals surface area contributed by atoms with Gasteiger partial charge in [0, 0.05) is 38.2 Å². The van der Waals surface area contributed by atoms with Crippen molar-refractivity contribution in [1.29, 1.82) is 0 Å². The second-order valence-corrected chi connectivity index (χ2v) is 15.4. The van der Waals surface area contributed by atoms with Gasteiger partial charge in [-0.3, -0.25) is 4.57 Å². The molecule has 280 valence electrons. The molecule has 12 rings (SSSR count). The van der Waals surface area contributed by atoms with E-state index < -0.39 is 0 Å². The molecule has 3 heterocycles. The van der Waals surface area contributed by atoms with E-state index >= 15 is 0 Å². The lowest BCUT2D eigenvalue weighted by atomic mass is 9.99. The van der Waals surface area contributed by atoms with Crippen LogP contribution in [0.3, 0.4) is 0 Å². The lowest BCUT2D eigenvalue weighted by molar-refractivity contribution is 1.01. The van der Waals surface area contributed by atoms with Crippen molar-refractivity contribution in [2.45, 2.75) is 0 Å². The molecule has 4 nitrogen and oxygen atoms in total. The molecule has 0 aliphatic carbocycles. The highest BCUT2D eigenvalue weighted by Crippen LogP contribution is 2.40. The molecule has 0 bridgehead atoms. The van der Waals surface area contributed by atoms with Gasteiger partial charge in [-0.2, -0.15) is 0 Å². The lowest BCUT2D eigenvalue weighted by Crippen LogP contribution is -2.03. The monoisotopic (exact) mass is 764 g/mol. The minimum Gasteiger partial charge on any atom is -0.309 e. The van der Waals surface area contributed by atoms with Crippen molar-refractivity contribution in [1.82, 2.24) is 19.1 Å². The summed E-state index contributed by atoms with van der Waals surface area (Å²) < 4.78 is 4.61. The topological polar surface area (TPSA) is 35.6 Å². The van der Waals surface area contributed by atoms with E-state index in [4.69, 9.17) is 9.97 Å². The zero-order chi connectivity index (χ0) is 39.6. The van der Waals surface area contributed by atoms with E-state index in [1.807, 2.05) is 0 Å². The number of rotatable bonds is 6. The molecule has 0 saturated heterocycles. The second kappa shape index (κ2) is 13.8. The van der Waals surface area contributed by atoms with Gasteiger partial charge in [0.15, 0.2) is 0 Å². The van der Waals surface area contributed by atoms with Crippen LogP contribution < -0.4 is 0 Å². The van der Waals surface area contributed by atoms with Gasteiger partial charge in [0.25, 0.3) is 0 Å². The number of aromatic nitrogens is 4. The molecule has 0 amide bonds. The molecule has 0 radical (unpaired) electrons. The molecule has 0 aliphatic rings. The minimum atomic E-state index is 0.645. The van der Waals surface area contributed by atoms with Crippen molar-refractivity contribution >= 4 is 54.5 Å². The van der Waals surface area contributed by atoms with E-state index in [2.05, 4.69) is 228 Å². The summed E-state index contributed by atoms with van der Waals surface area (Å²) in [6.07, 6.45) is 0. The second-order valence-electron chi connectivity index (χ2n) is 15.4. The van der Waals surface area contributed by atoms with Crippen LogP contribution in [0.15, 0.2) is 218 Å². The van der Waals surface area contributed by atoms with Crippen LogP contribution in [0.2, 0.25) is 0 Å². The van der Waals surface area contributed by atoms with Crippen molar-refractivity contribution in [3.05, 3.63) is 218 Å². The van der Waals surface area contributed by atoms with Crippen LogP contribution in [0, 0.1) is 0 Å². The predicted octanol–water partition coefficient (Wildman–Crippen LogP) is 14.5. The highest BCUT2D eigenvalue weighted by Gasteiger charge is 2.20. The van der Waals surface area contributed by atoms with Gasteiger partial charge < -0.3 is 4.57 Å². The molecule has 12 aromatic rings. The number of benzene rings is 9. The molecule has 0 spiro atoms. The summed E-state index contributed by atoms with van der Waals surface area (Å²) in [7, 11) is 0.